The molecule has 3 amide bonds. The Bertz CT molecular complexity index is 1010. The van der Waals surface area contributed by atoms with Crippen LogP contribution in [-0.2, 0) is 14.3 Å². The van der Waals surface area contributed by atoms with Crippen LogP contribution in [0.3, 0.4) is 0 Å². The molecule has 1 N–H and O–H groups in total. The molecule has 0 saturated heterocycles. The minimum absolute atomic E-state index is 0.00383. The minimum atomic E-state index is -0.738. The highest BCUT2D eigenvalue weighted by Gasteiger charge is 2.36. The molecule has 1 aliphatic heterocycles. The molecular weight excluding hydrogens is 380 g/mol. The normalized spacial score (nSPS) is 12.4. The molecule has 1 aliphatic rings. The summed E-state index contributed by atoms with van der Waals surface area (Å²) in [5.41, 5.74) is 0.509. The first kappa shape index (κ1) is 19.7. The number of rotatable bonds is 5. The molecule has 2 aromatic carbocycles. The maximum absolute atomic E-state index is 12.5. The van der Waals surface area contributed by atoms with Crippen LogP contribution in [0.15, 0.2) is 42.5 Å². The Morgan fingerprint density at radius 2 is 1.48 bits per heavy atom. The molecule has 1 heterocycles. The van der Waals surface area contributed by atoms with Crippen molar-refractivity contribution in [2.45, 2.75) is 0 Å². The molecule has 0 spiro atoms. The summed E-state index contributed by atoms with van der Waals surface area (Å²) in [4.78, 5) is 61.8. The number of anilines is 1. The number of hydrogen-bond acceptors (Lipinski definition) is 7. The zero-order chi connectivity index (χ0) is 21.1. The van der Waals surface area contributed by atoms with E-state index in [1.165, 1.54) is 44.6 Å². The van der Waals surface area contributed by atoms with Crippen molar-refractivity contribution >= 4 is 35.3 Å². The second-order valence-corrected chi connectivity index (χ2v) is 6.03. The van der Waals surface area contributed by atoms with Gasteiger partial charge in [-0.1, -0.05) is 12.1 Å². The lowest BCUT2D eigenvalue weighted by atomic mass is 10.1. The smallest absolute Gasteiger partial charge is 0.339 e. The van der Waals surface area contributed by atoms with E-state index >= 15 is 0 Å². The van der Waals surface area contributed by atoms with Crippen molar-refractivity contribution < 1.29 is 33.4 Å². The topological polar surface area (TPSA) is 119 Å². The van der Waals surface area contributed by atoms with Crippen molar-refractivity contribution in [3.8, 4) is 0 Å². The Morgan fingerprint density at radius 1 is 0.897 bits per heavy atom. The third-order valence-electron chi connectivity index (χ3n) is 4.30. The van der Waals surface area contributed by atoms with Gasteiger partial charge in [-0.15, -0.1) is 0 Å². The molecule has 0 bridgehead atoms. The van der Waals surface area contributed by atoms with E-state index in [-0.39, 0.29) is 27.9 Å². The summed E-state index contributed by atoms with van der Waals surface area (Å²) >= 11 is 0. The average Bonchev–Trinajstić information content (AvgIpc) is 2.97. The Hall–Kier alpha value is -4.01. The zero-order valence-electron chi connectivity index (χ0n) is 15.6. The van der Waals surface area contributed by atoms with Gasteiger partial charge in [0.2, 0.25) is 5.91 Å². The number of nitrogens with one attached hydrogen (secondary N) is 1. The van der Waals surface area contributed by atoms with E-state index in [1.54, 1.807) is 12.1 Å². The highest BCUT2D eigenvalue weighted by atomic mass is 16.5. The van der Waals surface area contributed by atoms with Gasteiger partial charge in [0.1, 0.15) is 6.54 Å². The van der Waals surface area contributed by atoms with Crippen LogP contribution in [0, 0.1) is 0 Å². The van der Waals surface area contributed by atoms with Gasteiger partial charge in [0.25, 0.3) is 11.8 Å². The van der Waals surface area contributed by atoms with E-state index in [0.717, 1.165) is 4.90 Å². The van der Waals surface area contributed by atoms with Crippen LogP contribution in [0.4, 0.5) is 5.69 Å². The van der Waals surface area contributed by atoms with Gasteiger partial charge in [0.15, 0.2) is 0 Å². The monoisotopic (exact) mass is 396 g/mol. The number of nitrogens with zero attached hydrogens (tertiary/aromatic N) is 1. The average molecular weight is 396 g/mol. The van der Waals surface area contributed by atoms with Gasteiger partial charge in [-0.3, -0.25) is 19.3 Å². The molecular formula is C20H16N2O7. The predicted molar refractivity (Wildman–Crippen MR) is 99.6 cm³/mol. The standard InChI is InChI=1S/C20H16N2O7/c1-28-19(26)11-7-8-14(20(27)29-2)15(9-11)21-16(23)10-22-17(24)12-5-3-4-6-13(12)18(22)25/h3-9H,10H2,1-2H3,(H,21,23). The van der Waals surface area contributed by atoms with Crippen LogP contribution in [-0.4, -0.2) is 55.3 Å². The van der Waals surface area contributed by atoms with E-state index in [4.69, 9.17) is 0 Å². The van der Waals surface area contributed by atoms with E-state index in [9.17, 15) is 24.0 Å². The molecule has 3 rings (SSSR count). The Kier molecular flexibility index (Phi) is 5.40. The fourth-order valence-corrected chi connectivity index (χ4v) is 2.90. The van der Waals surface area contributed by atoms with E-state index < -0.39 is 36.2 Å². The predicted octanol–water partition coefficient (Wildman–Crippen LogP) is 1.49. The van der Waals surface area contributed by atoms with Crippen LogP contribution < -0.4 is 5.32 Å². The van der Waals surface area contributed by atoms with Crippen LogP contribution in [0.25, 0.3) is 0 Å². The lowest BCUT2D eigenvalue weighted by molar-refractivity contribution is -0.116. The molecule has 0 aromatic heterocycles. The lowest BCUT2D eigenvalue weighted by Gasteiger charge is -2.15. The number of ether oxygens (including phenoxy) is 2. The van der Waals surface area contributed by atoms with Gasteiger partial charge in [-0.05, 0) is 30.3 Å². The summed E-state index contributed by atoms with van der Waals surface area (Å²) in [6, 6.07) is 10.1. The summed E-state index contributed by atoms with van der Waals surface area (Å²) in [6.07, 6.45) is 0. The van der Waals surface area contributed by atoms with E-state index in [1.807, 2.05) is 0 Å². The number of methoxy groups -OCH3 is 2. The number of hydrogen-bond donors (Lipinski definition) is 1. The van der Waals surface area contributed by atoms with Gasteiger partial charge in [-0.2, -0.15) is 0 Å². The number of benzene rings is 2. The maximum atomic E-state index is 12.5. The molecule has 148 valence electrons. The molecule has 0 fully saturated rings. The Morgan fingerprint density at radius 3 is 2.03 bits per heavy atom. The quantitative estimate of drug-likeness (QED) is 0.601. The zero-order valence-corrected chi connectivity index (χ0v) is 15.6. The van der Waals surface area contributed by atoms with Crippen LogP contribution >= 0.6 is 0 Å². The van der Waals surface area contributed by atoms with Crippen LogP contribution in [0.5, 0.6) is 0 Å². The maximum Gasteiger partial charge on any atom is 0.339 e. The number of esters is 2. The van der Waals surface area contributed by atoms with E-state index in [2.05, 4.69) is 14.8 Å². The number of fused-ring (bicyclic) bond motifs is 1. The molecule has 9 heteroatoms. The van der Waals surface area contributed by atoms with Crippen molar-refractivity contribution in [1.29, 1.82) is 0 Å². The Balaban J connectivity index is 1.83. The molecule has 0 saturated carbocycles. The summed E-state index contributed by atoms with van der Waals surface area (Å²) in [7, 11) is 2.36. The summed E-state index contributed by atoms with van der Waals surface area (Å²) in [5.74, 6) is -3.31. The van der Waals surface area contributed by atoms with Crippen LogP contribution in [0.1, 0.15) is 41.4 Å². The Labute approximate surface area is 165 Å². The molecule has 0 radical (unpaired) electrons. The van der Waals surface area contributed by atoms with Crippen molar-refractivity contribution in [2.24, 2.45) is 0 Å². The van der Waals surface area contributed by atoms with Gasteiger partial charge in [0, 0.05) is 0 Å². The van der Waals surface area contributed by atoms with E-state index in [0.29, 0.717) is 0 Å². The molecule has 0 atom stereocenters. The second kappa shape index (κ2) is 7.93. The van der Waals surface area contributed by atoms with Gasteiger partial charge < -0.3 is 14.8 Å². The third kappa shape index (κ3) is 3.70. The summed E-state index contributed by atoms with van der Waals surface area (Å²) in [6.45, 7) is -0.560. The number of carbonyl (C=O) groups excluding carboxylic acids is 5. The fourth-order valence-electron chi connectivity index (χ4n) is 2.90. The second-order valence-electron chi connectivity index (χ2n) is 6.03. The number of carbonyl (C=O) groups is 5. The highest BCUT2D eigenvalue weighted by molar-refractivity contribution is 6.22. The van der Waals surface area contributed by atoms with Crippen molar-refractivity contribution in [2.75, 3.05) is 26.1 Å². The molecule has 0 aliphatic carbocycles. The first-order valence-electron chi connectivity index (χ1n) is 8.43. The number of imide groups is 1. The van der Waals surface area contributed by atoms with Crippen molar-refractivity contribution in [3.63, 3.8) is 0 Å². The van der Waals surface area contributed by atoms with Crippen molar-refractivity contribution in [3.05, 3.63) is 64.7 Å². The third-order valence-corrected chi connectivity index (χ3v) is 4.30. The first-order chi connectivity index (χ1) is 13.9. The minimum Gasteiger partial charge on any atom is -0.465 e. The SMILES string of the molecule is COC(=O)c1ccc(C(=O)OC)c(NC(=O)CN2C(=O)c3ccccc3C2=O)c1. The van der Waals surface area contributed by atoms with Gasteiger partial charge in [-0.25, -0.2) is 9.59 Å². The molecule has 9 nitrogen and oxygen atoms in total. The molecule has 2 aromatic rings. The van der Waals surface area contributed by atoms with Crippen LogP contribution in [0.2, 0.25) is 0 Å². The number of amides is 3. The molecule has 29 heavy (non-hydrogen) atoms. The van der Waals surface area contributed by atoms with Crippen molar-refractivity contribution in [1.82, 2.24) is 4.90 Å². The summed E-state index contributed by atoms with van der Waals surface area (Å²) in [5, 5.41) is 2.45. The highest BCUT2D eigenvalue weighted by Crippen LogP contribution is 2.23. The summed E-state index contributed by atoms with van der Waals surface area (Å²) < 4.78 is 9.30. The first-order valence-corrected chi connectivity index (χ1v) is 8.43. The molecule has 0 unspecified atom stereocenters. The van der Waals surface area contributed by atoms with Gasteiger partial charge >= 0.3 is 11.9 Å². The van der Waals surface area contributed by atoms with Gasteiger partial charge in [0.05, 0.1) is 42.2 Å². The fraction of sp³-hybridized carbons (Fsp3) is 0.150. The lowest BCUT2D eigenvalue weighted by Crippen LogP contribution is -2.37. The largest absolute Gasteiger partial charge is 0.465 e.